The highest BCUT2D eigenvalue weighted by molar-refractivity contribution is 6.30. The Bertz CT molecular complexity index is 1430. The number of carboxylic acid groups (broad SMARTS) is 1. The molecule has 2 heterocycles. The first-order chi connectivity index (χ1) is 18.7. The molecule has 3 aromatic carbocycles. The molecule has 5 rings (SSSR count). The molecule has 0 fully saturated rings. The standard InChI is InChI=1S/C31H30ClN3O4/c1-20-19-29(35(21(2)36)26-13-11-25(32)12-14-26)27-5-3-4-6-28(27)34(20)30(37)24-9-7-22(8-10-24)23-15-17-33(18-16-23)31(38)39/h3-15,20,29H,16-19H2,1-2H3,(H,38,39)/t20-,29+/m0/s1. The highest BCUT2D eigenvalue weighted by Crippen LogP contribution is 2.43. The number of hydrogen-bond acceptors (Lipinski definition) is 3. The van der Waals surface area contributed by atoms with Crippen LogP contribution in [0.3, 0.4) is 0 Å². The molecule has 1 N–H and O–H groups in total. The summed E-state index contributed by atoms with van der Waals surface area (Å²) in [6, 6.07) is 22.1. The summed E-state index contributed by atoms with van der Waals surface area (Å²) in [6.07, 6.45) is 2.23. The molecule has 0 spiro atoms. The Labute approximate surface area is 232 Å². The van der Waals surface area contributed by atoms with Gasteiger partial charge < -0.3 is 19.8 Å². The van der Waals surface area contributed by atoms with Gasteiger partial charge in [-0.2, -0.15) is 0 Å². The van der Waals surface area contributed by atoms with E-state index in [1.807, 2.05) is 78.6 Å². The second-order valence-corrected chi connectivity index (χ2v) is 10.4. The second kappa shape index (κ2) is 10.9. The van der Waals surface area contributed by atoms with E-state index in [4.69, 9.17) is 11.6 Å². The van der Waals surface area contributed by atoms with Crippen LogP contribution in [0.2, 0.25) is 5.02 Å². The van der Waals surface area contributed by atoms with Gasteiger partial charge in [-0.05, 0) is 78.9 Å². The molecule has 3 aromatic rings. The minimum Gasteiger partial charge on any atom is -0.465 e. The summed E-state index contributed by atoms with van der Waals surface area (Å²) in [4.78, 5) is 42.9. The predicted molar refractivity (Wildman–Crippen MR) is 153 cm³/mol. The van der Waals surface area contributed by atoms with Crippen molar-refractivity contribution in [2.24, 2.45) is 0 Å². The zero-order valence-corrected chi connectivity index (χ0v) is 22.6. The van der Waals surface area contributed by atoms with E-state index in [9.17, 15) is 19.5 Å². The lowest BCUT2D eigenvalue weighted by Crippen LogP contribution is -2.47. The number of para-hydroxylation sites is 1. The smallest absolute Gasteiger partial charge is 0.407 e. The van der Waals surface area contributed by atoms with Crippen LogP contribution in [-0.4, -0.2) is 47.0 Å². The molecule has 0 saturated heterocycles. The molecule has 0 aliphatic carbocycles. The molecular weight excluding hydrogens is 514 g/mol. The molecule has 0 saturated carbocycles. The van der Waals surface area contributed by atoms with Gasteiger partial charge in [0, 0.05) is 48.0 Å². The van der Waals surface area contributed by atoms with Crippen LogP contribution in [-0.2, 0) is 4.79 Å². The van der Waals surface area contributed by atoms with Crippen molar-refractivity contribution >= 4 is 46.5 Å². The number of fused-ring (bicyclic) bond motifs is 1. The maximum absolute atomic E-state index is 13.8. The lowest BCUT2D eigenvalue weighted by Gasteiger charge is -2.43. The van der Waals surface area contributed by atoms with Gasteiger partial charge in [0.2, 0.25) is 5.91 Å². The van der Waals surface area contributed by atoms with Crippen LogP contribution in [0.4, 0.5) is 16.2 Å². The molecule has 7 nitrogen and oxygen atoms in total. The third kappa shape index (κ3) is 5.27. The van der Waals surface area contributed by atoms with Gasteiger partial charge in [-0.15, -0.1) is 0 Å². The van der Waals surface area contributed by atoms with Gasteiger partial charge in [-0.25, -0.2) is 4.79 Å². The molecule has 8 heteroatoms. The van der Waals surface area contributed by atoms with Crippen molar-refractivity contribution in [1.82, 2.24) is 4.90 Å². The molecular formula is C31H30ClN3O4. The third-order valence-corrected chi connectivity index (χ3v) is 7.77. The Balaban J connectivity index is 1.43. The van der Waals surface area contributed by atoms with E-state index in [-0.39, 0.29) is 23.9 Å². The van der Waals surface area contributed by atoms with Crippen molar-refractivity contribution in [3.8, 4) is 0 Å². The van der Waals surface area contributed by atoms with Crippen LogP contribution in [0.15, 0.2) is 78.9 Å². The van der Waals surface area contributed by atoms with Gasteiger partial charge >= 0.3 is 6.09 Å². The zero-order valence-electron chi connectivity index (χ0n) is 21.9. The summed E-state index contributed by atoms with van der Waals surface area (Å²) in [5, 5.41) is 9.78. The van der Waals surface area contributed by atoms with Crippen molar-refractivity contribution in [2.75, 3.05) is 22.9 Å². The van der Waals surface area contributed by atoms with Crippen molar-refractivity contribution in [1.29, 1.82) is 0 Å². The predicted octanol–water partition coefficient (Wildman–Crippen LogP) is 6.64. The van der Waals surface area contributed by atoms with Crippen LogP contribution in [0.1, 0.15) is 54.2 Å². The number of carbonyl (C=O) groups excluding carboxylic acids is 2. The number of anilines is 2. The molecule has 39 heavy (non-hydrogen) atoms. The fraction of sp³-hybridized carbons (Fsp3) is 0.258. The van der Waals surface area contributed by atoms with Gasteiger partial charge in [-0.3, -0.25) is 9.59 Å². The molecule has 200 valence electrons. The van der Waals surface area contributed by atoms with Gasteiger partial charge in [0.1, 0.15) is 0 Å². The summed E-state index contributed by atoms with van der Waals surface area (Å²) >= 11 is 6.10. The fourth-order valence-electron chi connectivity index (χ4n) is 5.59. The molecule has 2 aliphatic heterocycles. The highest BCUT2D eigenvalue weighted by atomic mass is 35.5. The Morgan fingerprint density at radius 1 is 0.974 bits per heavy atom. The number of hydrogen-bond donors (Lipinski definition) is 1. The molecule has 3 amide bonds. The Kier molecular flexibility index (Phi) is 7.44. The van der Waals surface area contributed by atoms with E-state index in [0.717, 1.165) is 28.1 Å². The average Bonchev–Trinajstić information content (AvgIpc) is 2.94. The van der Waals surface area contributed by atoms with Crippen LogP contribution in [0.5, 0.6) is 0 Å². The van der Waals surface area contributed by atoms with Gasteiger partial charge in [0.05, 0.1) is 6.04 Å². The summed E-state index contributed by atoms with van der Waals surface area (Å²) in [5.74, 6) is -0.182. The van der Waals surface area contributed by atoms with E-state index in [0.29, 0.717) is 36.5 Å². The first-order valence-electron chi connectivity index (χ1n) is 13.0. The minimum absolute atomic E-state index is 0.0804. The minimum atomic E-state index is -0.913. The number of benzene rings is 3. The van der Waals surface area contributed by atoms with E-state index in [1.165, 1.54) is 4.90 Å². The van der Waals surface area contributed by atoms with Crippen molar-refractivity contribution in [3.05, 3.63) is 101 Å². The van der Waals surface area contributed by atoms with Gasteiger partial charge in [0.15, 0.2) is 0 Å². The normalized spacial score (nSPS) is 18.7. The molecule has 2 atom stereocenters. The number of amides is 3. The molecule has 0 radical (unpaired) electrons. The van der Waals surface area contributed by atoms with Crippen LogP contribution >= 0.6 is 11.6 Å². The highest BCUT2D eigenvalue weighted by Gasteiger charge is 2.38. The van der Waals surface area contributed by atoms with E-state index in [2.05, 4.69) is 0 Å². The average molecular weight is 544 g/mol. The maximum atomic E-state index is 13.8. The third-order valence-electron chi connectivity index (χ3n) is 7.52. The van der Waals surface area contributed by atoms with Crippen LogP contribution < -0.4 is 9.80 Å². The second-order valence-electron chi connectivity index (χ2n) is 9.99. The van der Waals surface area contributed by atoms with Crippen molar-refractivity contribution < 1.29 is 19.5 Å². The van der Waals surface area contributed by atoms with Gasteiger partial charge in [0.25, 0.3) is 5.91 Å². The van der Waals surface area contributed by atoms with Crippen molar-refractivity contribution in [2.45, 2.75) is 38.8 Å². The lowest BCUT2D eigenvalue weighted by molar-refractivity contribution is -0.117. The Morgan fingerprint density at radius 3 is 2.28 bits per heavy atom. The quantitative estimate of drug-likeness (QED) is 0.400. The molecule has 0 bridgehead atoms. The SMILES string of the molecule is CC(=O)N(c1ccc(Cl)cc1)[C@@H]1C[C@H](C)N(C(=O)c2ccc(C3=CCN(C(=O)O)CC3)cc2)c2ccccc21. The maximum Gasteiger partial charge on any atom is 0.407 e. The summed E-state index contributed by atoms with van der Waals surface area (Å²) < 4.78 is 0. The van der Waals surface area contributed by atoms with Crippen LogP contribution in [0.25, 0.3) is 5.57 Å². The number of halogens is 1. The topological polar surface area (TPSA) is 81.2 Å². The summed E-state index contributed by atoms with van der Waals surface area (Å²) in [7, 11) is 0. The molecule has 0 unspecified atom stereocenters. The summed E-state index contributed by atoms with van der Waals surface area (Å²) in [5.41, 5.74) is 5.11. The first kappa shape index (κ1) is 26.5. The van der Waals surface area contributed by atoms with Crippen LogP contribution in [0, 0.1) is 0 Å². The number of carbonyl (C=O) groups is 3. The van der Waals surface area contributed by atoms with Crippen molar-refractivity contribution in [3.63, 3.8) is 0 Å². The van der Waals surface area contributed by atoms with E-state index in [1.54, 1.807) is 24.0 Å². The van der Waals surface area contributed by atoms with Gasteiger partial charge in [-0.1, -0.05) is 48.0 Å². The summed E-state index contributed by atoms with van der Waals surface area (Å²) in [6.45, 7) is 4.39. The largest absolute Gasteiger partial charge is 0.465 e. The lowest BCUT2D eigenvalue weighted by atomic mass is 9.89. The fourth-order valence-corrected chi connectivity index (χ4v) is 5.72. The Morgan fingerprint density at radius 2 is 1.67 bits per heavy atom. The molecule has 0 aromatic heterocycles. The monoisotopic (exact) mass is 543 g/mol. The molecule has 2 aliphatic rings. The zero-order chi connectivity index (χ0) is 27.7. The number of rotatable bonds is 4. The first-order valence-corrected chi connectivity index (χ1v) is 13.4. The van der Waals surface area contributed by atoms with E-state index >= 15 is 0 Å². The van der Waals surface area contributed by atoms with E-state index < -0.39 is 6.09 Å². The number of nitrogens with zero attached hydrogens (tertiary/aromatic N) is 3. The Hall–Kier alpha value is -4.10.